The van der Waals surface area contributed by atoms with Gasteiger partial charge in [0.2, 0.25) is 0 Å². The van der Waals surface area contributed by atoms with E-state index in [0.29, 0.717) is 6.54 Å². The molecule has 0 saturated heterocycles. The van der Waals surface area contributed by atoms with Crippen LogP contribution in [0.3, 0.4) is 0 Å². The zero-order chi connectivity index (χ0) is 10.8. The lowest BCUT2D eigenvalue weighted by Gasteiger charge is -2.16. The monoisotopic (exact) mass is 204 g/mol. The van der Waals surface area contributed by atoms with E-state index in [1.54, 1.807) is 0 Å². The van der Waals surface area contributed by atoms with Gasteiger partial charge in [-0.3, -0.25) is 4.40 Å². The first-order chi connectivity index (χ1) is 7.24. The number of imidazole rings is 1. The number of fused-ring (bicyclic) bond motifs is 1. The molecule has 0 atom stereocenters. The standard InChI is InChI=1S/C11H16N4/c1-14(2)11-5-3-4-10-13-8-9(6-7-12)15(10)11/h3-5,8H,6-7,12H2,1-2H3. The lowest BCUT2D eigenvalue weighted by Crippen LogP contribution is -2.14. The quantitative estimate of drug-likeness (QED) is 0.808. The number of aromatic nitrogens is 2. The molecule has 0 bridgehead atoms. The second-order valence-electron chi connectivity index (χ2n) is 3.76. The molecule has 0 amide bonds. The smallest absolute Gasteiger partial charge is 0.138 e. The fourth-order valence-corrected chi connectivity index (χ4v) is 1.75. The van der Waals surface area contributed by atoms with E-state index >= 15 is 0 Å². The van der Waals surface area contributed by atoms with E-state index < -0.39 is 0 Å². The van der Waals surface area contributed by atoms with Gasteiger partial charge in [-0.25, -0.2) is 4.98 Å². The lowest BCUT2D eigenvalue weighted by atomic mass is 10.3. The van der Waals surface area contributed by atoms with Crippen molar-refractivity contribution in [1.82, 2.24) is 9.38 Å². The Morgan fingerprint density at radius 1 is 1.40 bits per heavy atom. The van der Waals surface area contributed by atoms with Gasteiger partial charge in [-0.2, -0.15) is 0 Å². The van der Waals surface area contributed by atoms with Gasteiger partial charge in [0, 0.05) is 32.4 Å². The molecule has 0 radical (unpaired) electrons. The third-order valence-corrected chi connectivity index (χ3v) is 2.44. The molecule has 2 rings (SSSR count). The fourth-order valence-electron chi connectivity index (χ4n) is 1.75. The Kier molecular flexibility index (Phi) is 2.60. The minimum Gasteiger partial charge on any atom is -0.364 e. The highest BCUT2D eigenvalue weighted by Crippen LogP contribution is 2.17. The summed E-state index contributed by atoms with van der Waals surface area (Å²) >= 11 is 0. The van der Waals surface area contributed by atoms with Crippen molar-refractivity contribution in [2.45, 2.75) is 6.42 Å². The average molecular weight is 204 g/mol. The van der Waals surface area contributed by atoms with Crippen molar-refractivity contribution in [3.05, 3.63) is 30.1 Å². The summed E-state index contributed by atoms with van der Waals surface area (Å²) in [5, 5.41) is 0. The third-order valence-electron chi connectivity index (χ3n) is 2.44. The lowest BCUT2D eigenvalue weighted by molar-refractivity contribution is 0.891. The molecule has 15 heavy (non-hydrogen) atoms. The fraction of sp³-hybridized carbons (Fsp3) is 0.364. The summed E-state index contributed by atoms with van der Waals surface area (Å²) < 4.78 is 2.15. The number of hydrogen-bond donors (Lipinski definition) is 1. The maximum atomic E-state index is 5.58. The van der Waals surface area contributed by atoms with E-state index in [9.17, 15) is 0 Å². The first-order valence-electron chi connectivity index (χ1n) is 5.07. The highest BCUT2D eigenvalue weighted by Gasteiger charge is 2.07. The molecular weight excluding hydrogens is 188 g/mol. The van der Waals surface area contributed by atoms with Crippen LogP contribution in [0.4, 0.5) is 5.82 Å². The summed E-state index contributed by atoms with van der Waals surface area (Å²) in [6, 6.07) is 6.10. The Bertz CT molecular complexity index is 459. The summed E-state index contributed by atoms with van der Waals surface area (Å²) in [4.78, 5) is 6.44. The van der Waals surface area contributed by atoms with Gasteiger partial charge in [-0.15, -0.1) is 0 Å². The van der Waals surface area contributed by atoms with E-state index in [2.05, 4.69) is 20.4 Å². The number of nitrogens with two attached hydrogens (primary N) is 1. The van der Waals surface area contributed by atoms with E-state index in [1.807, 2.05) is 32.4 Å². The Hall–Kier alpha value is -1.55. The largest absolute Gasteiger partial charge is 0.364 e. The molecule has 0 aromatic carbocycles. The van der Waals surface area contributed by atoms with Crippen LogP contribution >= 0.6 is 0 Å². The topological polar surface area (TPSA) is 46.6 Å². The third kappa shape index (κ3) is 1.68. The molecule has 0 unspecified atom stereocenters. The van der Waals surface area contributed by atoms with Crippen LogP contribution in [-0.4, -0.2) is 30.0 Å². The van der Waals surface area contributed by atoms with Crippen LogP contribution in [0.2, 0.25) is 0 Å². The predicted molar refractivity (Wildman–Crippen MR) is 62.3 cm³/mol. The Labute approximate surface area is 89.3 Å². The van der Waals surface area contributed by atoms with Crippen molar-refractivity contribution in [3.8, 4) is 0 Å². The van der Waals surface area contributed by atoms with E-state index in [4.69, 9.17) is 5.73 Å². The van der Waals surface area contributed by atoms with Crippen LogP contribution in [-0.2, 0) is 6.42 Å². The molecule has 0 spiro atoms. The SMILES string of the molecule is CN(C)c1cccc2ncc(CCN)n12. The maximum absolute atomic E-state index is 5.58. The minimum absolute atomic E-state index is 0.648. The van der Waals surface area contributed by atoms with Gasteiger partial charge in [0.1, 0.15) is 11.5 Å². The Morgan fingerprint density at radius 2 is 2.20 bits per heavy atom. The van der Waals surface area contributed by atoms with Gasteiger partial charge >= 0.3 is 0 Å². The molecule has 0 fully saturated rings. The molecule has 80 valence electrons. The molecule has 0 saturated carbocycles. The maximum Gasteiger partial charge on any atom is 0.138 e. The van der Waals surface area contributed by atoms with Gasteiger partial charge in [0.15, 0.2) is 0 Å². The average Bonchev–Trinajstić information content (AvgIpc) is 2.62. The summed E-state index contributed by atoms with van der Waals surface area (Å²) in [6.07, 6.45) is 2.75. The minimum atomic E-state index is 0.648. The van der Waals surface area contributed by atoms with Crippen molar-refractivity contribution >= 4 is 11.5 Å². The summed E-state index contributed by atoms with van der Waals surface area (Å²) in [5.74, 6) is 1.13. The molecule has 0 aliphatic rings. The molecule has 2 aromatic heterocycles. The number of nitrogens with zero attached hydrogens (tertiary/aromatic N) is 3. The first kappa shape index (κ1) is 9.98. The van der Waals surface area contributed by atoms with Crippen molar-refractivity contribution in [3.63, 3.8) is 0 Å². The molecule has 4 nitrogen and oxygen atoms in total. The zero-order valence-corrected chi connectivity index (χ0v) is 9.14. The van der Waals surface area contributed by atoms with Gasteiger partial charge in [-0.05, 0) is 18.7 Å². The molecule has 0 aliphatic carbocycles. The number of anilines is 1. The highest BCUT2D eigenvalue weighted by molar-refractivity contribution is 5.52. The highest BCUT2D eigenvalue weighted by atomic mass is 15.2. The molecule has 0 aliphatic heterocycles. The van der Waals surface area contributed by atoms with Gasteiger partial charge in [-0.1, -0.05) is 6.07 Å². The Morgan fingerprint density at radius 3 is 2.87 bits per heavy atom. The van der Waals surface area contributed by atoms with Gasteiger partial charge < -0.3 is 10.6 Å². The predicted octanol–water partition coefficient (Wildman–Crippen LogP) is 0.901. The Balaban J connectivity index is 2.63. The van der Waals surface area contributed by atoms with Crippen LogP contribution in [0.15, 0.2) is 24.4 Å². The van der Waals surface area contributed by atoms with Crippen LogP contribution in [0.5, 0.6) is 0 Å². The van der Waals surface area contributed by atoms with E-state index in [-0.39, 0.29) is 0 Å². The molecule has 2 aromatic rings. The number of rotatable bonds is 3. The van der Waals surface area contributed by atoms with Crippen LogP contribution < -0.4 is 10.6 Å². The van der Waals surface area contributed by atoms with E-state index in [0.717, 1.165) is 23.6 Å². The first-order valence-corrected chi connectivity index (χ1v) is 5.07. The van der Waals surface area contributed by atoms with Crippen LogP contribution in [0, 0.1) is 0 Å². The molecule has 2 N–H and O–H groups in total. The molecule has 2 heterocycles. The van der Waals surface area contributed by atoms with Gasteiger partial charge in [0.25, 0.3) is 0 Å². The van der Waals surface area contributed by atoms with Crippen molar-refractivity contribution in [2.24, 2.45) is 5.73 Å². The second-order valence-corrected chi connectivity index (χ2v) is 3.76. The number of hydrogen-bond acceptors (Lipinski definition) is 3. The summed E-state index contributed by atoms with van der Waals surface area (Å²) in [6.45, 7) is 0.648. The number of pyridine rings is 1. The van der Waals surface area contributed by atoms with Crippen molar-refractivity contribution in [1.29, 1.82) is 0 Å². The summed E-state index contributed by atoms with van der Waals surface area (Å²) in [5.41, 5.74) is 7.72. The second kappa shape index (κ2) is 3.90. The van der Waals surface area contributed by atoms with E-state index in [1.165, 1.54) is 0 Å². The van der Waals surface area contributed by atoms with Crippen LogP contribution in [0.1, 0.15) is 5.69 Å². The molecule has 4 heteroatoms. The van der Waals surface area contributed by atoms with Gasteiger partial charge in [0.05, 0.1) is 0 Å². The zero-order valence-electron chi connectivity index (χ0n) is 9.14. The molecular formula is C11H16N4. The summed E-state index contributed by atoms with van der Waals surface area (Å²) in [7, 11) is 4.06. The van der Waals surface area contributed by atoms with Crippen LogP contribution in [0.25, 0.3) is 5.65 Å². The normalized spacial score (nSPS) is 10.9. The van der Waals surface area contributed by atoms with Crippen molar-refractivity contribution < 1.29 is 0 Å². The van der Waals surface area contributed by atoms with Crippen molar-refractivity contribution in [2.75, 3.05) is 25.5 Å².